The Bertz CT molecular complexity index is 801. The summed E-state index contributed by atoms with van der Waals surface area (Å²) < 4.78 is 0. The summed E-state index contributed by atoms with van der Waals surface area (Å²) in [4.78, 5) is 0. The molecule has 0 saturated heterocycles. The largest absolute Gasteiger partial charge is 0.355 e. The second-order valence-electron chi connectivity index (χ2n) is 10.4. The van der Waals surface area contributed by atoms with Gasteiger partial charge in [-0.2, -0.15) is 0 Å². The van der Waals surface area contributed by atoms with E-state index in [1.807, 2.05) is 0 Å². The second-order valence-corrected chi connectivity index (χ2v) is 10.4. The molecule has 1 nitrogen and oxygen atoms in total. The molecule has 1 heteroatoms. The third-order valence-corrected chi connectivity index (χ3v) is 6.28. The lowest BCUT2D eigenvalue weighted by Gasteiger charge is -2.43. The molecule has 0 heterocycles. The van der Waals surface area contributed by atoms with Crippen LogP contribution in [0.5, 0.6) is 0 Å². The first-order valence-corrected chi connectivity index (χ1v) is 9.94. The second kappa shape index (κ2) is 6.15. The van der Waals surface area contributed by atoms with Crippen molar-refractivity contribution >= 4 is 11.4 Å². The van der Waals surface area contributed by atoms with Gasteiger partial charge >= 0.3 is 0 Å². The first-order valence-electron chi connectivity index (χ1n) is 9.94. The van der Waals surface area contributed by atoms with Crippen LogP contribution >= 0.6 is 0 Å². The minimum Gasteiger partial charge on any atom is -0.355 e. The number of hydrogen-bond donors (Lipinski definition) is 1. The van der Waals surface area contributed by atoms with Crippen molar-refractivity contribution in [3.8, 4) is 0 Å². The maximum atomic E-state index is 3.67. The average Bonchev–Trinajstić information content (AvgIpc) is 2.53. The molecular weight excluding hydrogens is 314 g/mol. The summed E-state index contributed by atoms with van der Waals surface area (Å²) in [6.45, 7) is 18.6. The molecule has 2 aromatic carbocycles. The lowest BCUT2D eigenvalue weighted by molar-refractivity contribution is 0.330. The molecule has 26 heavy (non-hydrogen) atoms. The zero-order chi connectivity index (χ0) is 19.3. The van der Waals surface area contributed by atoms with Crippen molar-refractivity contribution in [2.24, 2.45) is 0 Å². The Morgan fingerprint density at radius 2 is 1.38 bits per heavy atom. The van der Waals surface area contributed by atoms with Crippen molar-refractivity contribution in [1.82, 2.24) is 0 Å². The summed E-state index contributed by atoms with van der Waals surface area (Å²) >= 11 is 0. The molecule has 0 saturated carbocycles. The highest BCUT2D eigenvalue weighted by Gasteiger charge is 2.38. The quantitative estimate of drug-likeness (QED) is 0.596. The van der Waals surface area contributed by atoms with E-state index in [9.17, 15) is 0 Å². The number of anilines is 2. The van der Waals surface area contributed by atoms with Crippen molar-refractivity contribution in [3.63, 3.8) is 0 Å². The maximum absolute atomic E-state index is 3.67. The van der Waals surface area contributed by atoms with Crippen LogP contribution in [0.2, 0.25) is 0 Å². The molecule has 0 fully saturated rings. The number of fused-ring (bicyclic) bond motifs is 1. The molecule has 0 aliphatic heterocycles. The van der Waals surface area contributed by atoms with Crippen LogP contribution in [-0.4, -0.2) is 0 Å². The van der Waals surface area contributed by atoms with Crippen LogP contribution in [0.25, 0.3) is 0 Å². The van der Waals surface area contributed by atoms with Gasteiger partial charge in [-0.3, -0.25) is 0 Å². The molecular formula is C25H35N. The SMILES string of the molecule is Cc1c(Nc2ccc(C(C)(C)C)cc2)ccc2c1C(C)(C)CCC2(C)C. The van der Waals surface area contributed by atoms with E-state index in [0.717, 1.165) is 5.69 Å². The molecule has 0 radical (unpaired) electrons. The molecule has 0 unspecified atom stereocenters. The van der Waals surface area contributed by atoms with Crippen molar-refractivity contribution in [3.05, 3.63) is 58.7 Å². The molecule has 1 aliphatic carbocycles. The van der Waals surface area contributed by atoms with Gasteiger partial charge in [0.05, 0.1) is 0 Å². The monoisotopic (exact) mass is 349 g/mol. The topological polar surface area (TPSA) is 12.0 Å². The van der Waals surface area contributed by atoms with Crippen molar-refractivity contribution in [2.75, 3.05) is 5.32 Å². The van der Waals surface area contributed by atoms with E-state index in [1.165, 1.54) is 35.2 Å². The van der Waals surface area contributed by atoms with E-state index in [0.29, 0.717) is 0 Å². The normalized spacial score (nSPS) is 18.3. The zero-order valence-corrected chi connectivity index (χ0v) is 17.9. The van der Waals surface area contributed by atoms with Gasteiger partial charge in [0.15, 0.2) is 0 Å². The zero-order valence-electron chi connectivity index (χ0n) is 17.9. The third kappa shape index (κ3) is 3.41. The van der Waals surface area contributed by atoms with Gasteiger partial charge in [-0.05, 0) is 76.5 Å². The molecule has 0 atom stereocenters. The fourth-order valence-corrected chi connectivity index (χ4v) is 4.38. The van der Waals surface area contributed by atoms with E-state index in [4.69, 9.17) is 0 Å². The lowest BCUT2D eigenvalue weighted by atomic mass is 9.62. The van der Waals surface area contributed by atoms with E-state index in [2.05, 4.69) is 97.1 Å². The highest BCUT2D eigenvalue weighted by molar-refractivity contribution is 5.67. The minimum absolute atomic E-state index is 0.190. The van der Waals surface area contributed by atoms with Gasteiger partial charge in [0, 0.05) is 11.4 Å². The summed E-state index contributed by atoms with van der Waals surface area (Å²) in [6, 6.07) is 13.5. The smallest absolute Gasteiger partial charge is 0.0417 e. The molecule has 0 aromatic heterocycles. The molecule has 0 bridgehead atoms. The standard InChI is InChI=1S/C25H35N/c1-17-21(26-19-11-9-18(10-12-19)23(2,3)4)14-13-20-22(17)25(7,8)16-15-24(20,5)6/h9-14,26H,15-16H2,1-8H3. The Morgan fingerprint density at radius 3 is 1.96 bits per heavy atom. The number of hydrogen-bond acceptors (Lipinski definition) is 1. The van der Waals surface area contributed by atoms with Gasteiger partial charge in [0.2, 0.25) is 0 Å². The van der Waals surface area contributed by atoms with E-state index in [1.54, 1.807) is 5.56 Å². The Morgan fingerprint density at radius 1 is 0.808 bits per heavy atom. The van der Waals surface area contributed by atoms with Crippen LogP contribution in [0.15, 0.2) is 36.4 Å². The van der Waals surface area contributed by atoms with Gasteiger partial charge in [0.25, 0.3) is 0 Å². The average molecular weight is 350 g/mol. The highest BCUT2D eigenvalue weighted by atomic mass is 14.9. The fraction of sp³-hybridized carbons (Fsp3) is 0.520. The van der Waals surface area contributed by atoms with Gasteiger partial charge in [0.1, 0.15) is 0 Å². The predicted octanol–water partition coefficient (Wildman–Crippen LogP) is 7.39. The van der Waals surface area contributed by atoms with Crippen LogP contribution in [0.4, 0.5) is 11.4 Å². The minimum atomic E-state index is 0.190. The van der Waals surface area contributed by atoms with Crippen LogP contribution in [-0.2, 0) is 16.2 Å². The van der Waals surface area contributed by atoms with Crippen molar-refractivity contribution < 1.29 is 0 Å². The molecule has 2 aromatic rings. The molecule has 3 rings (SSSR count). The van der Waals surface area contributed by atoms with Gasteiger partial charge in [-0.25, -0.2) is 0 Å². The summed E-state index contributed by atoms with van der Waals surface area (Å²) in [5.41, 5.74) is 8.94. The summed E-state index contributed by atoms with van der Waals surface area (Å²) in [7, 11) is 0. The molecule has 0 spiro atoms. The molecule has 1 N–H and O–H groups in total. The summed E-state index contributed by atoms with van der Waals surface area (Å²) in [5, 5.41) is 3.67. The van der Waals surface area contributed by atoms with Crippen LogP contribution in [0.1, 0.15) is 83.6 Å². The first kappa shape index (κ1) is 19.0. The highest BCUT2D eigenvalue weighted by Crippen LogP contribution is 2.48. The Kier molecular flexibility index (Phi) is 4.50. The van der Waals surface area contributed by atoms with Crippen LogP contribution in [0.3, 0.4) is 0 Å². The van der Waals surface area contributed by atoms with Gasteiger partial charge in [-0.15, -0.1) is 0 Å². The number of benzene rings is 2. The first-order chi connectivity index (χ1) is 11.9. The number of nitrogens with one attached hydrogen (secondary N) is 1. The van der Waals surface area contributed by atoms with Gasteiger partial charge < -0.3 is 5.32 Å². The summed E-state index contributed by atoms with van der Waals surface area (Å²) in [5.74, 6) is 0. The Balaban J connectivity index is 1.98. The molecule has 140 valence electrons. The Hall–Kier alpha value is -1.76. The van der Waals surface area contributed by atoms with Crippen LogP contribution < -0.4 is 5.32 Å². The van der Waals surface area contributed by atoms with E-state index in [-0.39, 0.29) is 16.2 Å². The summed E-state index contributed by atoms with van der Waals surface area (Å²) in [6.07, 6.45) is 2.51. The Labute approximate surface area is 160 Å². The lowest BCUT2D eigenvalue weighted by Crippen LogP contribution is -2.34. The predicted molar refractivity (Wildman–Crippen MR) is 115 cm³/mol. The molecule has 1 aliphatic rings. The van der Waals surface area contributed by atoms with E-state index < -0.39 is 0 Å². The fourth-order valence-electron chi connectivity index (χ4n) is 4.38. The maximum Gasteiger partial charge on any atom is 0.0417 e. The number of rotatable bonds is 2. The van der Waals surface area contributed by atoms with Crippen molar-refractivity contribution in [2.45, 2.75) is 84.5 Å². The van der Waals surface area contributed by atoms with Crippen molar-refractivity contribution in [1.29, 1.82) is 0 Å². The van der Waals surface area contributed by atoms with E-state index >= 15 is 0 Å². The van der Waals surface area contributed by atoms with Gasteiger partial charge in [-0.1, -0.05) is 66.7 Å². The molecule has 0 amide bonds. The third-order valence-electron chi connectivity index (χ3n) is 6.28. The van der Waals surface area contributed by atoms with Crippen LogP contribution in [0, 0.1) is 6.92 Å².